The van der Waals surface area contributed by atoms with Gasteiger partial charge in [0.2, 0.25) is 0 Å². The number of benzene rings is 1. The van der Waals surface area contributed by atoms with Crippen LogP contribution < -0.4 is 4.74 Å². The van der Waals surface area contributed by atoms with Crippen molar-refractivity contribution in [1.82, 2.24) is 4.98 Å². The van der Waals surface area contributed by atoms with Gasteiger partial charge in [0.15, 0.2) is 0 Å². The molecule has 1 aliphatic heterocycles. The van der Waals surface area contributed by atoms with Crippen molar-refractivity contribution in [1.29, 1.82) is 0 Å². The summed E-state index contributed by atoms with van der Waals surface area (Å²) in [6.45, 7) is 5.80. The first-order valence-corrected chi connectivity index (χ1v) is 6.32. The van der Waals surface area contributed by atoms with Gasteiger partial charge < -0.3 is 4.74 Å². The quantitative estimate of drug-likeness (QED) is 0.800. The number of pyridine rings is 1. The van der Waals surface area contributed by atoms with Gasteiger partial charge in [0.05, 0.1) is 5.69 Å². The lowest BCUT2D eigenvalue weighted by Crippen LogP contribution is -2.02. The minimum absolute atomic E-state index is 0.828. The van der Waals surface area contributed by atoms with Gasteiger partial charge in [-0.15, -0.1) is 0 Å². The zero-order valence-electron chi connectivity index (χ0n) is 10.9. The van der Waals surface area contributed by atoms with E-state index in [0.29, 0.717) is 0 Å². The van der Waals surface area contributed by atoms with Gasteiger partial charge in [-0.25, -0.2) is 0 Å². The maximum atomic E-state index is 5.72. The van der Waals surface area contributed by atoms with Crippen LogP contribution in [0.1, 0.15) is 11.1 Å². The lowest BCUT2D eigenvalue weighted by Gasteiger charge is -2.17. The first-order valence-electron chi connectivity index (χ1n) is 6.32. The summed E-state index contributed by atoms with van der Waals surface area (Å²) in [7, 11) is 0. The summed E-state index contributed by atoms with van der Waals surface area (Å²) in [6.07, 6.45) is 6.49. The number of allylic oxidation sites excluding steroid dienone is 2. The Labute approximate surface area is 113 Å². The molecule has 0 amide bonds. The highest BCUT2D eigenvalue weighted by molar-refractivity contribution is 5.63. The smallest absolute Gasteiger partial charge is 0.130 e. The Morgan fingerprint density at radius 1 is 1.26 bits per heavy atom. The predicted molar refractivity (Wildman–Crippen MR) is 77.0 cm³/mol. The zero-order valence-corrected chi connectivity index (χ0v) is 10.9. The highest BCUT2D eigenvalue weighted by Crippen LogP contribution is 2.30. The van der Waals surface area contributed by atoms with Crippen molar-refractivity contribution >= 4 is 0 Å². The molecule has 1 aliphatic rings. The number of hydrogen-bond acceptors (Lipinski definition) is 2. The minimum Gasteiger partial charge on any atom is -0.457 e. The molecule has 1 aromatic carbocycles. The van der Waals surface area contributed by atoms with Crippen molar-refractivity contribution < 1.29 is 4.74 Å². The third-order valence-electron chi connectivity index (χ3n) is 3.22. The molecular formula is C17H15NO. The molecule has 0 N–H and O–H groups in total. The van der Waals surface area contributed by atoms with Crippen molar-refractivity contribution in [3.05, 3.63) is 72.1 Å². The molecule has 2 nitrogen and oxygen atoms in total. The Kier molecular flexibility index (Phi) is 2.92. The van der Waals surface area contributed by atoms with Crippen LogP contribution in [0.4, 0.5) is 0 Å². The second kappa shape index (κ2) is 4.73. The van der Waals surface area contributed by atoms with Crippen LogP contribution in [0.25, 0.3) is 11.3 Å². The largest absolute Gasteiger partial charge is 0.457 e. The van der Waals surface area contributed by atoms with Crippen LogP contribution in [-0.4, -0.2) is 4.98 Å². The van der Waals surface area contributed by atoms with E-state index in [2.05, 4.69) is 30.6 Å². The first-order chi connectivity index (χ1) is 9.26. The van der Waals surface area contributed by atoms with Gasteiger partial charge in [-0.2, -0.15) is 0 Å². The van der Waals surface area contributed by atoms with Gasteiger partial charge >= 0.3 is 0 Å². The number of rotatable bonds is 2. The zero-order chi connectivity index (χ0) is 13.2. The molecule has 0 spiro atoms. The van der Waals surface area contributed by atoms with Crippen LogP contribution in [0, 0.1) is 6.92 Å². The Balaban J connectivity index is 1.99. The fourth-order valence-electron chi connectivity index (χ4n) is 2.20. The van der Waals surface area contributed by atoms with Crippen LogP contribution in [-0.2, 0) is 6.42 Å². The van der Waals surface area contributed by atoms with E-state index in [-0.39, 0.29) is 0 Å². The van der Waals surface area contributed by atoms with Crippen LogP contribution in [0.15, 0.2) is 61.0 Å². The fraction of sp³-hybridized carbons (Fsp3) is 0.118. The molecule has 0 atom stereocenters. The Morgan fingerprint density at radius 2 is 2.16 bits per heavy atom. The summed E-state index contributed by atoms with van der Waals surface area (Å²) in [5, 5.41) is 0. The van der Waals surface area contributed by atoms with Crippen LogP contribution in [0.3, 0.4) is 0 Å². The maximum absolute atomic E-state index is 5.72. The van der Waals surface area contributed by atoms with Gasteiger partial charge in [0.1, 0.15) is 11.5 Å². The van der Waals surface area contributed by atoms with Crippen LogP contribution in [0.2, 0.25) is 0 Å². The third-order valence-corrected chi connectivity index (χ3v) is 3.22. The molecule has 0 unspecified atom stereocenters. The van der Waals surface area contributed by atoms with E-state index < -0.39 is 0 Å². The van der Waals surface area contributed by atoms with E-state index in [9.17, 15) is 0 Å². The Hall–Kier alpha value is -2.35. The highest BCUT2D eigenvalue weighted by Gasteiger charge is 2.12. The normalized spacial score (nSPS) is 13.2. The molecule has 2 heterocycles. The Bertz CT molecular complexity index is 671. The van der Waals surface area contributed by atoms with Gasteiger partial charge in [-0.3, -0.25) is 4.98 Å². The topological polar surface area (TPSA) is 22.1 Å². The van der Waals surface area contributed by atoms with Crippen molar-refractivity contribution in [3.63, 3.8) is 0 Å². The number of aromatic nitrogens is 1. The van der Waals surface area contributed by atoms with E-state index in [1.165, 1.54) is 11.1 Å². The van der Waals surface area contributed by atoms with Gasteiger partial charge in [-0.1, -0.05) is 6.58 Å². The van der Waals surface area contributed by atoms with E-state index >= 15 is 0 Å². The number of nitrogens with zero attached hydrogens (tertiary/aromatic N) is 1. The molecule has 1 aromatic heterocycles. The van der Waals surface area contributed by atoms with Crippen molar-refractivity contribution in [2.24, 2.45) is 0 Å². The predicted octanol–water partition coefficient (Wildman–Crippen LogP) is 4.06. The summed E-state index contributed by atoms with van der Waals surface area (Å²) in [4.78, 5) is 4.42. The molecule has 0 fully saturated rings. The minimum atomic E-state index is 0.828. The number of fused-ring (bicyclic) bond motifs is 1. The standard InChI is InChI=1S/C17H15NO/c1-3-15-6-4-14-11-13(5-7-17(14)19-15)16-10-12(2)8-9-18-16/h3,5-11H,1,4H2,2H3. The summed E-state index contributed by atoms with van der Waals surface area (Å²) in [5.41, 5.74) is 4.53. The number of aryl methyl sites for hydroxylation is 1. The lowest BCUT2D eigenvalue weighted by molar-refractivity contribution is 0.428. The highest BCUT2D eigenvalue weighted by atomic mass is 16.5. The lowest BCUT2D eigenvalue weighted by atomic mass is 10.0. The van der Waals surface area contributed by atoms with E-state index in [1.807, 2.05) is 30.5 Å². The van der Waals surface area contributed by atoms with Crippen molar-refractivity contribution in [3.8, 4) is 17.0 Å². The molecule has 0 radical (unpaired) electrons. The first kappa shape index (κ1) is 11.7. The molecule has 0 aliphatic carbocycles. The monoisotopic (exact) mass is 249 g/mol. The Morgan fingerprint density at radius 3 is 2.95 bits per heavy atom. The molecular weight excluding hydrogens is 234 g/mol. The molecule has 2 heteroatoms. The summed E-state index contributed by atoms with van der Waals surface area (Å²) < 4.78 is 5.72. The number of ether oxygens (including phenoxy) is 1. The third kappa shape index (κ3) is 2.29. The molecule has 19 heavy (non-hydrogen) atoms. The molecule has 2 aromatic rings. The van der Waals surface area contributed by atoms with Crippen LogP contribution in [0.5, 0.6) is 5.75 Å². The van der Waals surface area contributed by atoms with E-state index in [4.69, 9.17) is 4.74 Å². The van der Waals surface area contributed by atoms with Crippen molar-refractivity contribution in [2.75, 3.05) is 0 Å². The van der Waals surface area contributed by atoms with Gasteiger partial charge in [-0.05, 0) is 67.0 Å². The molecule has 0 bridgehead atoms. The maximum Gasteiger partial charge on any atom is 0.130 e. The SMILES string of the molecule is C=CC1=CCc2cc(-c3cc(C)ccn3)ccc2O1. The summed E-state index contributed by atoms with van der Waals surface area (Å²) in [6, 6.07) is 10.3. The molecule has 94 valence electrons. The second-order valence-corrected chi connectivity index (χ2v) is 4.66. The second-order valence-electron chi connectivity index (χ2n) is 4.66. The van der Waals surface area contributed by atoms with Gasteiger partial charge in [0.25, 0.3) is 0 Å². The fourth-order valence-corrected chi connectivity index (χ4v) is 2.20. The number of hydrogen-bond donors (Lipinski definition) is 0. The molecule has 0 saturated carbocycles. The van der Waals surface area contributed by atoms with E-state index in [0.717, 1.165) is 29.2 Å². The summed E-state index contributed by atoms with van der Waals surface area (Å²) in [5.74, 6) is 1.74. The molecule has 0 saturated heterocycles. The van der Waals surface area contributed by atoms with Crippen molar-refractivity contribution in [2.45, 2.75) is 13.3 Å². The average molecular weight is 249 g/mol. The van der Waals surface area contributed by atoms with E-state index in [1.54, 1.807) is 6.08 Å². The van der Waals surface area contributed by atoms with Crippen LogP contribution >= 0.6 is 0 Å². The van der Waals surface area contributed by atoms with Gasteiger partial charge in [0, 0.05) is 11.8 Å². The average Bonchev–Trinajstić information content (AvgIpc) is 2.46. The summed E-state index contributed by atoms with van der Waals surface area (Å²) >= 11 is 0. The molecule has 3 rings (SSSR count).